The van der Waals surface area contributed by atoms with E-state index < -0.39 is 5.97 Å². The molecule has 0 saturated carbocycles. The van der Waals surface area contributed by atoms with E-state index >= 15 is 0 Å². The summed E-state index contributed by atoms with van der Waals surface area (Å²) in [6, 6.07) is 18.5. The summed E-state index contributed by atoms with van der Waals surface area (Å²) in [6.07, 6.45) is 3.00. The molecule has 6 nitrogen and oxygen atoms in total. The summed E-state index contributed by atoms with van der Waals surface area (Å²) in [4.78, 5) is 17.7. The molecule has 0 bridgehead atoms. The lowest BCUT2D eigenvalue weighted by Crippen LogP contribution is -2.36. The largest absolute Gasteiger partial charge is 0.497 e. The standard InChI is InChI=1S/C30H35N3O3/c1-20-10-9-17-33-26(20)31-25(27(33)32-30(5,6)19-29(2,3)4)22-11-8-12-24(18-22)36-28(34)21-13-15-23(35-7)16-14-21/h8-18,32H,19H2,1-7H3. The maximum atomic E-state index is 12.7. The fourth-order valence-electron chi connectivity index (χ4n) is 4.82. The second-order valence-electron chi connectivity index (χ2n) is 11.1. The zero-order chi connectivity index (χ0) is 26.1. The molecule has 188 valence electrons. The number of anilines is 1. The SMILES string of the molecule is COc1ccc(C(=O)Oc2cccc(-c3nc4c(C)cccn4c3NC(C)(C)CC(C)(C)C)c2)cc1. The van der Waals surface area contributed by atoms with Crippen LogP contribution in [0.25, 0.3) is 16.9 Å². The zero-order valence-corrected chi connectivity index (χ0v) is 22.2. The Morgan fingerprint density at radius 2 is 1.69 bits per heavy atom. The van der Waals surface area contributed by atoms with Crippen molar-refractivity contribution in [2.45, 2.75) is 53.5 Å². The van der Waals surface area contributed by atoms with Gasteiger partial charge in [-0.05, 0) is 80.6 Å². The van der Waals surface area contributed by atoms with Gasteiger partial charge in [0.25, 0.3) is 0 Å². The number of esters is 1. The fourth-order valence-corrected chi connectivity index (χ4v) is 4.82. The molecule has 2 aromatic carbocycles. The van der Waals surface area contributed by atoms with Gasteiger partial charge in [0, 0.05) is 17.3 Å². The van der Waals surface area contributed by atoms with Gasteiger partial charge in [0.1, 0.15) is 28.7 Å². The predicted molar refractivity (Wildman–Crippen MR) is 145 cm³/mol. The van der Waals surface area contributed by atoms with Gasteiger partial charge in [-0.1, -0.05) is 39.0 Å². The monoisotopic (exact) mass is 485 g/mol. The molecule has 4 rings (SSSR count). The number of carbonyl (C=O) groups excluding carboxylic acids is 1. The van der Waals surface area contributed by atoms with Gasteiger partial charge in [-0.25, -0.2) is 9.78 Å². The van der Waals surface area contributed by atoms with Crippen molar-refractivity contribution < 1.29 is 14.3 Å². The van der Waals surface area contributed by atoms with Gasteiger partial charge in [0.05, 0.1) is 12.7 Å². The van der Waals surface area contributed by atoms with Crippen LogP contribution in [0.1, 0.15) is 57.0 Å². The van der Waals surface area contributed by atoms with Crippen molar-refractivity contribution in [1.29, 1.82) is 0 Å². The van der Waals surface area contributed by atoms with Crippen molar-refractivity contribution >= 4 is 17.4 Å². The average Bonchev–Trinajstić information content (AvgIpc) is 3.16. The Bertz CT molecular complexity index is 1380. The number of benzene rings is 2. The van der Waals surface area contributed by atoms with Crippen molar-refractivity contribution in [2.24, 2.45) is 5.41 Å². The van der Waals surface area contributed by atoms with Crippen LogP contribution >= 0.6 is 0 Å². The van der Waals surface area contributed by atoms with Gasteiger partial charge in [0.15, 0.2) is 0 Å². The molecule has 0 radical (unpaired) electrons. The Morgan fingerprint density at radius 1 is 0.972 bits per heavy atom. The van der Waals surface area contributed by atoms with Crippen molar-refractivity contribution in [3.05, 3.63) is 78.0 Å². The van der Waals surface area contributed by atoms with Crippen molar-refractivity contribution in [3.8, 4) is 22.8 Å². The van der Waals surface area contributed by atoms with E-state index in [1.165, 1.54) is 0 Å². The highest BCUT2D eigenvalue weighted by molar-refractivity contribution is 5.91. The van der Waals surface area contributed by atoms with Crippen LogP contribution in [0.3, 0.4) is 0 Å². The number of hydrogen-bond donors (Lipinski definition) is 1. The molecule has 0 saturated heterocycles. The van der Waals surface area contributed by atoms with Gasteiger partial charge in [-0.2, -0.15) is 0 Å². The zero-order valence-electron chi connectivity index (χ0n) is 22.2. The molecule has 0 aliphatic carbocycles. The molecule has 6 heteroatoms. The Morgan fingerprint density at radius 3 is 2.36 bits per heavy atom. The van der Waals surface area contributed by atoms with E-state index in [-0.39, 0.29) is 11.0 Å². The molecule has 0 spiro atoms. The fraction of sp³-hybridized carbons (Fsp3) is 0.333. The number of imidazole rings is 1. The van der Waals surface area contributed by atoms with Crippen molar-refractivity contribution in [3.63, 3.8) is 0 Å². The molecule has 36 heavy (non-hydrogen) atoms. The molecule has 1 N–H and O–H groups in total. The Balaban J connectivity index is 1.70. The quantitative estimate of drug-likeness (QED) is 0.222. The number of nitrogens with zero attached hydrogens (tertiary/aromatic N) is 2. The van der Waals surface area contributed by atoms with Gasteiger partial charge in [-0.3, -0.25) is 4.40 Å². The number of methoxy groups -OCH3 is 1. The molecule has 0 amide bonds. The summed E-state index contributed by atoms with van der Waals surface area (Å²) >= 11 is 0. The third kappa shape index (κ3) is 5.70. The molecule has 4 aromatic rings. The second kappa shape index (κ2) is 9.69. The number of carbonyl (C=O) groups is 1. The molecule has 0 unspecified atom stereocenters. The predicted octanol–water partition coefficient (Wildman–Crippen LogP) is 7.16. The van der Waals surface area contributed by atoms with Crippen LogP contribution in [-0.4, -0.2) is 28.0 Å². The summed E-state index contributed by atoms with van der Waals surface area (Å²) in [5, 5.41) is 3.77. The number of pyridine rings is 1. The highest BCUT2D eigenvalue weighted by atomic mass is 16.5. The van der Waals surface area contributed by atoms with E-state index in [2.05, 4.69) is 57.3 Å². The summed E-state index contributed by atoms with van der Waals surface area (Å²) in [5.74, 6) is 1.64. The van der Waals surface area contributed by atoms with Crippen LogP contribution < -0.4 is 14.8 Å². The first-order chi connectivity index (χ1) is 17.0. The number of hydrogen-bond acceptors (Lipinski definition) is 5. The summed E-state index contributed by atoms with van der Waals surface area (Å²) < 4.78 is 13.0. The first-order valence-electron chi connectivity index (χ1n) is 12.2. The first kappa shape index (κ1) is 25.3. The second-order valence-corrected chi connectivity index (χ2v) is 11.1. The summed E-state index contributed by atoms with van der Waals surface area (Å²) in [6.45, 7) is 13.2. The molecule has 0 fully saturated rings. The van der Waals surface area contributed by atoms with Crippen LogP contribution in [-0.2, 0) is 0 Å². The van der Waals surface area contributed by atoms with Crippen LogP contribution in [0.2, 0.25) is 0 Å². The van der Waals surface area contributed by atoms with Crippen LogP contribution in [0.15, 0.2) is 66.9 Å². The van der Waals surface area contributed by atoms with Crippen molar-refractivity contribution in [2.75, 3.05) is 12.4 Å². The van der Waals surface area contributed by atoms with Gasteiger partial charge < -0.3 is 14.8 Å². The van der Waals surface area contributed by atoms with Gasteiger partial charge >= 0.3 is 5.97 Å². The molecule has 0 aliphatic heterocycles. The summed E-state index contributed by atoms with van der Waals surface area (Å²) in [7, 11) is 1.59. The lowest BCUT2D eigenvalue weighted by molar-refractivity contribution is 0.0735. The van der Waals surface area contributed by atoms with E-state index in [9.17, 15) is 4.79 Å². The number of aryl methyl sites for hydroxylation is 1. The van der Waals surface area contributed by atoms with E-state index in [0.29, 0.717) is 17.1 Å². The van der Waals surface area contributed by atoms with E-state index in [4.69, 9.17) is 14.5 Å². The minimum Gasteiger partial charge on any atom is -0.497 e. The first-order valence-corrected chi connectivity index (χ1v) is 12.2. The molecule has 0 atom stereocenters. The van der Waals surface area contributed by atoms with Gasteiger partial charge in [-0.15, -0.1) is 0 Å². The normalized spacial score (nSPS) is 12.0. The minimum absolute atomic E-state index is 0.155. The number of aromatic nitrogens is 2. The maximum Gasteiger partial charge on any atom is 0.343 e. The van der Waals surface area contributed by atoms with Crippen molar-refractivity contribution in [1.82, 2.24) is 9.38 Å². The topological polar surface area (TPSA) is 64.9 Å². The molecule has 0 aliphatic rings. The van der Waals surface area contributed by atoms with E-state index in [1.54, 1.807) is 37.4 Å². The smallest absolute Gasteiger partial charge is 0.343 e. The maximum absolute atomic E-state index is 12.7. The third-order valence-corrected chi connectivity index (χ3v) is 5.92. The lowest BCUT2D eigenvalue weighted by Gasteiger charge is -2.34. The average molecular weight is 486 g/mol. The molecular formula is C30H35N3O3. The third-order valence-electron chi connectivity index (χ3n) is 5.92. The number of nitrogens with one attached hydrogen (secondary N) is 1. The number of fused-ring (bicyclic) bond motifs is 1. The van der Waals surface area contributed by atoms with Crippen LogP contribution in [0, 0.1) is 12.3 Å². The lowest BCUT2D eigenvalue weighted by atomic mass is 9.82. The highest BCUT2D eigenvalue weighted by Crippen LogP contribution is 2.36. The molecule has 2 heterocycles. The Kier molecular flexibility index (Phi) is 6.81. The number of ether oxygens (including phenoxy) is 2. The van der Waals surface area contributed by atoms with E-state index in [1.807, 2.05) is 30.5 Å². The Hall–Kier alpha value is -3.80. The van der Waals surface area contributed by atoms with E-state index in [0.717, 1.165) is 34.7 Å². The molecule has 2 aromatic heterocycles. The van der Waals surface area contributed by atoms with Crippen LogP contribution in [0.4, 0.5) is 5.82 Å². The summed E-state index contributed by atoms with van der Waals surface area (Å²) in [5.41, 5.74) is 4.09. The van der Waals surface area contributed by atoms with Crippen LogP contribution in [0.5, 0.6) is 11.5 Å². The molecular weight excluding hydrogens is 450 g/mol. The van der Waals surface area contributed by atoms with Gasteiger partial charge in [0.2, 0.25) is 0 Å². The minimum atomic E-state index is -0.426. The Labute approximate surface area is 213 Å². The highest BCUT2D eigenvalue weighted by Gasteiger charge is 2.28. The number of rotatable bonds is 7.